The number of aryl methyl sites for hydroxylation is 1. The van der Waals surface area contributed by atoms with Crippen molar-refractivity contribution in [3.8, 4) is 5.75 Å². The number of esters is 1. The van der Waals surface area contributed by atoms with Crippen LogP contribution in [0.25, 0.3) is 0 Å². The van der Waals surface area contributed by atoms with Gasteiger partial charge in [-0.15, -0.1) is 0 Å². The van der Waals surface area contributed by atoms with Gasteiger partial charge in [0.15, 0.2) is 5.75 Å². The average molecular weight is 429 g/mol. The fourth-order valence-corrected chi connectivity index (χ4v) is 3.69. The van der Waals surface area contributed by atoms with E-state index in [0.29, 0.717) is 6.42 Å². The number of ether oxygens (including phenoxy) is 1. The van der Waals surface area contributed by atoms with Crippen LogP contribution in [-0.4, -0.2) is 18.1 Å². The number of aliphatic imine (C=N–C) groups is 2. The third-order valence-electron chi connectivity index (χ3n) is 5.31. The highest BCUT2D eigenvalue weighted by atomic mass is 16.5. The molecule has 1 rings (SSSR count). The molecule has 0 aliphatic rings. The van der Waals surface area contributed by atoms with Gasteiger partial charge in [-0.05, 0) is 24.5 Å². The lowest BCUT2D eigenvalue weighted by Crippen LogP contribution is -2.03. The van der Waals surface area contributed by atoms with Crippen LogP contribution >= 0.6 is 0 Å². The monoisotopic (exact) mass is 428 g/mol. The SMILES string of the molecule is CCCCCCCCCCCCCCCc1ccc(N=C=O)c(OC(C)=O)c1N=C=O. The minimum Gasteiger partial charge on any atom is -0.422 e. The van der Waals surface area contributed by atoms with Crippen LogP contribution in [0.5, 0.6) is 5.75 Å². The molecular weight excluding hydrogens is 392 g/mol. The number of isocyanates is 2. The van der Waals surface area contributed by atoms with Gasteiger partial charge < -0.3 is 4.74 Å². The Morgan fingerprint density at radius 3 is 1.81 bits per heavy atom. The number of hydrogen-bond donors (Lipinski definition) is 0. The van der Waals surface area contributed by atoms with E-state index in [-0.39, 0.29) is 17.1 Å². The van der Waals surface area contributed by atoms with Crippen LogP contribution in [0.3, 0.4) is 0 Å². The van der Waals surface area contributed by atoms with Gasteiger partial charge in [-0.3, -0.25) is 4.79 Å². The molecule has 1 aromatic rings. The van der Waals surface area contributed by atoms with Crippen molar-refractivity contribution in [1.82, 2.24) is 0 Å². The summed E-state index contributed by atoms with van der Waals surface area (Å²) in [6.07, 6.45) is 20.2. The molecule has 0 radical (unpaired) electrons. The Hall–Kier alpha value is -2.55. The van der Waals surface area contributed by atoms with Gasteiger partial charge in [0, 0.05) is 6.92 Å². The molecule has 0 aliphatic heterocycles. The molecule has 0 N–H and O–H groups in total. The highest BCUT2D eigenvalue weighted by Crippen LogP contribution is 2.41. The Kier molecular flexibility index (Phi) is 14.7. The third-order valence-corrected chi connectivity index (χ3v) is 5.31. The third kappa shape index (κ3) is 11.4. The summed E-state index contributed by atoms with van der Waals surface area (Å²) < 4.78 is 5.16. The standard InChI is InChI=1S/C25H36N2O4/c1-3-4-5-6-7-8-9-10-11-12-13-14-15-16-22-17-18-23(26-19-28)25(31-21(2)30)24(22)27-20-29/h17-18H,3-16H2,1-2H3. The molecule has 31 heavy (non-hydrogen) atoms. The number of nitrogens with zero attached hydrogens (tertiary/aromatic N) is 2. The van der Waals surface area contributed by atoms with E-state index >= 15 is 0 Å². The van der Waals surface area contributed by atoms with Crippen LogP contribution in [-0.2, 0) is 20.8 Å². The zero-order chi connectivity index (χ0) is 22.7. The van der Waals surface area contributed by atoms with E-state index in [2.05, 4.69) is 16.9 Å². The first-order valence-electron chi connectivity index (χ1n) is 11.6. The fourth-order valence-electron chi connectivity index (χ4n) is 3.69. The van der Waals surface area contributed by atoms with Crippen molar-refractivity contribution in [1.29, 1.82) is 0 Å². The van der Waals surface area contributed by atoms with Gasteiger partial charge in [-0.2, -0.15) is 9.98 Å². The maximum absolute atomic E-state index is 11.4. The molecule has 0 aliphatic carbocycles. The number of benzene rings is 1. The van der Waals surface area contributed by atoms with E-state index in [4.69, 9.17) is 4.74 Å². The summed E-state index contributed by atoms with van der Waals surface area (Å²) in [4.78, 5) is 40.2. The van der Waals surface area contributed by atoms with Crippen molar-refractivity contribution < 1.29 is 19.1 Å². The van der Waals surface area contributed by atoms with Gasteiger partial charge in [-0.25, -0.2) is 9.59 Å². The van der Waals surface area contributed by atoms with E-state index in [1.54, 1.807) is 12.1 Å². The van der Waals surface area contributed by atoms with Gasteiger partial charge in [-0.1, -0.05) is 90.0 Å². The summed E-state index contributed by atoms with van der Waals surface area (Å²) in [5.41, 5.74) is 1.10. The van der Waals surface area contributed by atoms with Crippen molar-refractivity contribution in [3.05, 3.63) is 17.7 Å². The maximum Gasteiger partial charge on any atom is 0.308 e. The lowest BCUT2D eigenvalue weighted by molar-refractivity contribution is -0.131. The van der Waals surface area contributed by atoms with Crippen molar-refractivity contribution in [2.45, 2.75) is 104 Å². The molecule has 0 bridgehead atoms. The van der Waals surface area contributed by atoms with Crippen LogP contribution in [0.2, 0.25) is 0 Å². The van der Waals surface area contributed by atoms with Gasteiger partial charge in [0.05, 0.1) is 0 Å². The predicted molar refractivity (Wildman–Crippen MR) is 123 cm³/mol. The number of hydrogen-bond acceptors (Lipinski definition) is 6. The quantitative estimate of drug-likeness (QED) is 0.0864. The number of unbranched alkanes of at least 4 members (excludes halogenated alkanes) is 12. The van der Waals surface area contributed by atoms with Gasteiger partial charge in [0.2, 0.25) is 12.2 Å². The van der Waals surface area contributed by atoms with E-state index < -0.39 is 5.97 Å². The normalized spacial score (nSPS) is 10.3. The number of carbonyl (C=O) groups is 1. The molecule has 0 atom stereocenters. The fraction of sp³-hybridized carbons (Fsp3) is 0.640. The van der Waals surface area contributed by atoms with E-state index in [9.17, 15) is 14.4 Å². The minimum absolute atomic E-state index is 0.00592. The first-order valence-corrected chi connectivity index (χ1v) is 11.6. The first-order chi connectivity index (χ1) is 15.1. The number of carbonyl (C=O) groups excluding carboxylic acids is 3. The highest BCUT2D eigenvalue weighted by Gasteiger charge is 2.16. The highest BCUT2D eigenvalue weighted by molar-refractivity contribution is 5.80. The Morgan fingerprint density at radius 1 is 0.806 bits per heavy atom. The summed E-state index contributed by atoms with van der Waals surface area (Å²) in [7, 11) is 0. The topological polar surface area (TPSA) is 85.2 Å². The van der Waals surface area contributed by atoms with Crippen molar-refractivity contribution in [3.63, 3.8) is 0 Å². The second kappa shape index (κ2) is 17.2. The second-order valence-electron chi connectivity index (χ2n) is 7.91. The molecule has 0 spiro atoms. The van der Waals surface area contributed by atoms with Crippen LogP contribution in [0.15, 0.2) is 22.1 Å². The predicted octanol–water partition coefficient (Wildman–Crippen LogP) is 7.18. The maximum atomic E-state index is 11.4. The van der Waals surface area contributed by atoms with Crippen molar-refractivity contribution in [2.75, 3.05) is 0 Å². The Labute approximate surface area is 186 Å². The lowest BCUT2D eigenvalue weighted by Gasteiger charge is -2.11. The Balaban J connectivity index is 2.40. The van der Waals surface area contributed by atoms with Crippen LogP contribution in [0.4, 0.5) is 11.4 Å². The average Bonchev–Trinajstić information content (AvgIpc) is 2.74. The lowest BCUT2D eigenvalue weighted by atomic mass is 10.0. The Morgan fingerprint density at radius 2 is 1.32 bits per heavy atom. The molecule has 0 unspecified atom stereocenters. The Bertz CT molecular complexity index is 763. The molecular formula is C25H36N2O4. The summed E-state index contributed by atoms with van der Waals surface area (Å²) in [5, 5.41) is 0. The first kappa shape index (κ1) is 26.5. The summed E-state index contributed by atoms with van der Waals surface area (Å²) in [5.74, 6) is -0.575. The summed E-state index contributed by atoms with van der Waals surface area (Å²) in [6, 6.07) is 3.32. The van der Waals surface area contributed by atoms with Gasteiger partial charge in [0.1, 0.15) is 11.4 Å². The van der Waals surface area contributed by atoms with Crippen molar-refractivity contribution >= 4 is 29.5 Å². The molecule has 0 fully saturated rings. The molecule has 0 aromatic heterocycles. The van der Waals surface area contributed by atoms with Crippen LogP contribution in [0, 0.1) is 0 Å². The molecule has 6 nitrogen and oxygen atoms in total. The van der Waals surface area contributed by atoms with Gasteiger partial charge in [0.25, 0.3) is 0 Å². The zero-order valence-electron chi connectivity index (χ0n) is 19.1. The summed E-state index contributed by atoms with van der Waals surface area (Å²) >= 11 is 0. The molecule has 6 heteroatoms. The molecule has 170 valence electrons. The van der Waals surface area contributed by atoms with E-state index in [1.807, 2.05) is 0 Å². The van der Waals surface area contributed by atoms with E-state index in [0.717, 1.165) is 18.4 Å². The second-order valence-corrected chi connectivity index (χ2v) is 7.91. The van der Waals surface area contributed by atoms with E-state index in [1.165, 1.54) is 89.7 Å². The zero-order valence-corrected chi connectivity index (χ0v) is 19.1. The smallest absolute Gasteiger partial charge is 0.308 e. The molecule has 1 aromatic carbocycles. The summed E-state index contributed by atoms with van der Waals surface area (Å²) in [6.45, 7) is 3.49. The van der Waals surface area contributed by atoms with Crippen LogP contribution < -0.4 is 4.74 Å². The number of rotatable bonds is 17. The minimum atomic E-state index is -0.581. The molecule has 0 saturated heterocycles. The largest absolute Gasteiger partial charge is 0.422 e. The van der Waals surface area contributed by atoms with Crippen LogP contribution in [0.1, 0.15) is 103 Å². The molecule has 0 saturated carbocycles. The van der Waals surface area contributed by atoms with Crippen molar-refractivity contribution in [2.24, 2.45) is 9.98 Å². The van der Waals surface area contributed by atoms with Gasteiger partial charge >= 0.3 is 5.97 Å². The molecule has 0 amide bonds. The molecule has 0 heterocycles.